The van der Waals surface area contributed by atoms with Crippen LogP contribution >= 0.6 is 11.6 Å². The first-order valence-corrected chi connectivity index (χ1v) is 8.46. The molecule has 1 atom stereocenters. The van der Waals surface area contributed by atoms with E-state index in [0.717, 1.165) is 18.5 Å². The molecule has 1 aliphatic heterocycles. The number of hydrogen-bond donors (Lipinski definition) is 2. The molecule has 1 unspecified atom stereocenters. The van der Waals surface area contributed by atoms with Crippen LogP contribution in [0, 0.1) is 5.92 Å². The van der Waals surface area contributed by atoms with Gasteiger partial charge in [0, 0.05) is 31.2 Å². The zero-order chi connectivity index (χ0) is 17.1. The van der Waals surface area contributed by atoms with E-state index in [-0.39, 0.29) is 18.1 Å². The second kappa shape index (κ2) is 7.23. The number of aromatic nitrogens is 2. The van der Waals surface area contributed by atoms with E-state index in [1.54, 1.807) is 21.8 Å². The number of halogens is 1. The summed E-state index contributed by atoms with van der Waals surface area (Å²) in [6, 6.07) is 7.04. The molecule has 2 N–H and O–H groups in total. The molecule has 2 heterocycles. The van der Waals surface area contributed by atoms with Crippen molar-refractivity contribution in [3.05, 3.63) is 41.7 Å². The fourth-order valence-electron chi connectivity index (χ4n) is 2.97. The SMILES string of the molecule is CC(O)C1CCN(C(=O)Nc2ccc(-n3cccn3)c(Cl)c2)CC1. The third-order valence-corrected chi connectivity index (χ3v) is 4.76. The lowest BCUT2D eigenvalue weighted by molar-refractivity contribution is 0.0820. The summed E-state index contributed by atoms with van der Waals surface area (Å²) in [6.45, 7) is 3.12. The van der Waals surface area contributed by atoms with Crippen LogP contribution in [-0.4, -0.2) is 45.0 Å². The number of rotatable bonds is 3. The lowest BCUT2D eigenvalue weighted by Gasteiger charge is -2.33. The van der Waals surface area contributed by atoms with Gasteiger partial charge >= 0.3 is 6.03 Å². The Morgan fingerprint density at radius 1 is 1.42 bits per heavy atom. The molecule has 1 aromatic carbocycles. The molecule has 0 spiro atoms. The first-order chi connectivity index (χ1) is 11.5. The highest BCUT2D eigenvalue weighted by Gasteiger charge is 2.25. The number of carbonyl (C=O) groups is 1. The molecule has 2 aromatic rings. The summed E-state index contributed by atoms with van der Waals surface area (Å²) in [4.78, 5) is 14.1. The Morgan fingerprint density at radius 2 is 2.17 bits per heavy atom. The molecule has 0 aliphatic carbocycles. The van der Waals surface area contributed by atoms with Gasteiger partial charge < -0.3 is 15.3 Å². The highest BCUT2D eigenvalue weighted by molar-refractivity contribution is 6.32. The Balaban J connectivity index is 1.62. The Morgan fingerprint density at radius 3 is 2.75 bits per heavy atom. The minimum Gasteiger partial charge on any atom is -0.393 e. The van der Waals surface area contributed by atoms with Crippen LogP contribution in [0.3, 0.4) is 0 Å². The Labute approximate surface area is 146 Å². The molecule has 1 saturated heterocycles. The van der Waals surface area contributed by atoms with Gasteiger partial charge in [0.1, 0.15) is 0 Å². The van der Waals surface area contributed by atoms with Crippen molar-refractivity contribution in [3.63, 3.8) is 0 Å². The summed E-state index contributed by atoms with van der Waals surface area (Å²) in [7, 11) is 0. The standard InChI is InChI=1S/C17H21ClN4O2/c1-12(23)13-5-9-21(10-6-13)17(24)20-14-3-4-16(15(18)11-14)22-8-2-7-19-22/h2-4,7-8,11-13,23H,5-6,9-10H2,1H3,(H,20,24). The molecule has 0 saturated carbocycles. The summed E-state index contributed by atoms with van der Waals surface area (Å²) < 4.78 is 1.68. The lowest BCUT2D eigenvalue weighted by Crippen LogP contribution is -2.42. The maximum absolute atomic E-state index is 12.4. The Hall–Kier alpha value is -2.05. The maximum atomic E-state index is 12.4. The van der Waals surface area contributed by atoms with Gasteiger partial charge in [-0.05, 0) is 49.9 Å². The van der Waals surface area contributed by atoms with Crippen molar-refractivity contribution in [3.8, 4) is 5.69 Å². The van der Waals surface area contributed by atoms with Crippen LogP contribution in [-0.2, 0) is 0 Å². The van der Waals surface area contributed by atoms with E-state index in [2.05, 4.69) is 10.4 Å². The topological polar surface area (TPSA) is 70.4 Å². The second-order valence-electron chi connectivity index (χ2n) is 6.11. The average molecular weight is 349 g/mol. The number of anilines is 1. The van der Waals surface area contributed by atoms with Crippen LogP contribution in [0.4, 0.5) is 10.5 Å². The molecule has 3 rings (SSSR count). The van der Waals surface area contributed by atoms with Gasteiger partial charge in [-0.25, -0.2) is 9.48 Å². The van der Waals surface area contributed by atoms with Crippen LogP contribution in [0.2, 0.25) is 5.02 Å². The Kier molecular flexibility index (Phi) is 5.06. The summed E-state index contributed by atoms with van der Waals surface area (Å²) in [6.07, 6.45) is 4.83. The molecule has 0 bridgehead atoms. The van der Waals surface area contributed by atoms with Gasteiger partial charge in [0.15, 0.2) is 0 Å². The third kappa shape index (κ3) is 3.71. The zero-order valence-corrected chi connectivity index (χ0v) is 14.3. The normalized spacial score (nSPS) is 16.9. The van der Waals surface area contributed by atoms with Gasteiger partial charge in [0.05, 0.1) is 16.8 Å². The van der Waals surface area contributed by atoms with E-state index in [0.29, 0.717) is 23.8 Å². The van der Waals surface area contributed by atoms with Gasteiger partial charge in [-0.1, -0.05) is 11.6 Å². The van der Waals surface area contributed by atoms with Crippen molar-refractivity contribution in [2.75, 3.05) is 18.4 Å². The molecular formula is C17H21ClN4O2. The molecular weight excluding hydrogens is 328 g/mol. The van der Waals surface area contributed by atoms with Gasteiger partial charge in [0.25, 0.3) is 0 Å². The molecule has 128 valence electrons. The number of aliphatic hydroxyl groups excluding tert-OH is 1. The number of piperidine rings is 1. The van der Waals surface area contributed by atoms with E-state index >= 15 is 0 Å². The fourth-order valence-corrected chi connectivity index (χ4v) is 3.24. The van der Waals surface area contributed by atoms with Crippen LogP contribution in [0.1, 0.15) is 19.8 Å². The number of aliphatic hydroxyl groups is 1. The number of carbonyl (C=O) groups excluding carboxylic acids is 1. The van der Waals surface area contributed by atoms with Crippen LogP contribution in [0.15, 0.2) is 36.7 Å². The second-order valence-corrected chi connectivity index (χ2v) is 6.52. The van der Waals surface area contributed by atoms with Crippen molar-refractivity contribution < 1.29 is 9.90 Å². The van der Waals surface area contributed by atoms with E-state index in [4.69, 9.17) is 11.6 Å². The van der Waals surface area contributed by atoms with Crippen molar-refractivity contribution in [1.82, 2.24) is 14.7 Å². The molecule has 6 nitrogen and oxygen atoms in total. The molecule has 24 heavy (non-hydrogen) atoms. The number of nitrogens with one attached hydrogen (secondary N) is 1. The van der Waals surface area contributed by atoms with Gasteiger partial charge in [-0.3, -0.25) is 0 Å². The van der Waals surface area contributed by atoms with Crippen molar-refractivity contribution in [2.24, 2.45) is 5.92 Å². The quantitative estimate of drug-likeness (QED) is 0.895. The maximum Gasteiger partial charge on any atom is 0.321 e. The number of hydrogen-bond acceptors (Lipinski definition) is 3. The highest BCUT2D eigenvalue weighted by Crippen LogP contribution is 2.25. The molecule has 0 radical (unpaired) electrons. The summed E-state index contributed by atoms with van der Waals surface area (Å²) in [5, 5.41) is 17.2. The molecule has 1 aromatic heterocycles. The van der Waals surface area contributed by atoms with Gasteiger partial charge in [-0.2, -0.15) is 5.10 Å². The van der Waals surface area contributed by atoms with Gasteiger partial charge in [-0.15, -0.1) is 0 Å². The smallest absolute Gasteiger partial charge is 0.321 e. The predicted molar refractivity (Wildman–Crippen MR) is 93.6 cm³/mol. The number of amides is 2. The summed E-state index contributed by atoms with van der Waals surface area (Å²) >= 11 is 6.29. The van der Waals surface area contributed by atoms with E-state index in [9.17, 15) is 9.90 Å². The van der Waals surface area contributed by atoms with Crippen LogP contribution in [0.5, 0.6) is 0 Å². The van der Waals surface area contributed by atoms with Crippen molar-refractivity contribution in [2.45, 2.75) is 25.9 Å². The number of nitrogens with zero attached hydrogens (tertiary/aromatic N) is 3. The van der Waals surface area contributed by atoms with Crippen LogP contribution < -0.4 is 5.32 Å². The van der Waals surface area contributed by atoms with Crippen LogP contribution in [0.25, 0.3) is 5.69 Å². The summed E-state index contributed by atoms with van der Waals surface area (Å²) in [5.74, 6) is 0.275. The zero-order valence-electron chi connectivity index (χ0n) is 13.5. The van der Waals surface area contributed by atoms with Crippen molar-refractivity contribution >= 4 is 23.3 Å². The van der Waals surface area contributed by atoms with Crippen molar-refractivity contribution in [1.29, 1.82) is 0 Å². The molecule has 7 heteroatoms. The lowest BCUT2D eigenvalue weighted by atomic mass is 9.92. The van der Waals surface area contributed by atoms with E-state index in [1.807, 2.05) is 31.3 Å². The fraction of sp³-hybridized carbons (Fsp3) is 0.412. The predicted octanol–water partition coefficient (Wildman–Crippen LogP) is 3.15. The first-order valence-electron chi connectivity index (χ1n) is 8.08. The number of likely N-dealkylation sites (tertiary alicyclic amines) is 1. The number of benzene rings is 1. The number of urea groups is 1. The molecule has 2 amide bonds. The minimum atomic E-state index is -0.316. The van der Waals surface area contributed by atoms with Gasteiger partial charge in [0.2, 0.25) is 0 Å². The largest absolute Gasteiger partial charge is 0.393 e. The van der Waals surface area contributed by atoms with E-state index in [1.165, 1.54) is 0 Å². The Bertz CT molecular complexity index is 695. The average Bonchev–Trinajstić information content (AvgIpc) is 3.09. The molecule has 1 aliphatic rings. The third-order valence-electron chi connectivity index (χ3n) is 4.46. The minimum absolute atomic E-state index is 0.137. The monoisotopic (exact) mass is 348 g/mol. The first kappa shape index (κ1) is 16.8. The highest BCUT2D eigenvalue weighted by atomic mass is 35.5. The summed E-state index contributed by atoms with van der Waals surface area (Å²) in [5.41, 5.74) is 1.41. The van der Waals surface area contributed by atoms with E-state index < -0.39 is 0 Å². The molecule has 1 fully saturated rings.